The molecule has 2 amide bonds. The zero-order chi connectivity index (χ0) is 14.1. The van der Waals surface area contributed by atoms with Crippen LogP contribution in [0.3, 0.4) is 0 Å². The van der Waals surface area contributed by atoms with Crippen LogP contribution in [0.25, 0.3) is 0 Å². The SMILES string of the molecule is CCC(CC(NC(=O)CN)C(=O)OC)C(=O)NC. The highest BCUT2D eigenvalue weighted by atomic mass is 16.5. The molecule has 4 N–H and O–H groups in total. The molecule has 0 spiro atoms. The van der Waals surface area contributed by atoms with Gasteiger partial charge in [-0.3, -0.25) is 9.59 Å². The molecule has 0 fully saturated rings. The van der Waals surface area contributed by atoms with Crippen LogP contribution < -0.4 is 16.4 Å². The lowest BCUT2D eigenvalue weighted by molar-refractivity contribution is -0.145. The summed E-state index contributed by atoms with van der Waals surface area (Å²) in [4.78, 5) is 34.3. The summed E-state index contributed by atoms with van der Waals surface area (Å²) in [7, 11) is 2.75. The number of hydrogen-bond acceptors (Lipinski definition) is 5. The van der Waals surface area contributed by atoms with E-state index in [-0.39, 0.29) is 24.8 Å². The zero-order valence-electron chi connectivity index (χ0n) is 11.0. The molecule has 0 radical (unpaired) electrons. The van der Waals surface area contributed by atoms with E-state index in [2.05, 4.69) is 15.4 Å². The van der Waals surface area contributed by atoms with Crippen molar-refractivity contribution >= 4 is 17.8 Å². The fraction of sp³-hybridized carbons (Fsp3) is 0.727. The summed E-state index contributed by atoms with van der Waals surface area (Å²) in [5.74, 6) is -1.58. The maximum Gasteiger partial charge on any atom is 0.328 e. The van der Waals surface area contributed by atoms with Gasteiger partial charge in [-0.2, -0.15) is 0 Å². The molecule has 0 aliphatic carbocycles. The molecule has 0 saturated carbocycles. The van der Waals surface area contributed by atoms with Crippen LogP contribution >= 0.6 is 0 Å². The molecule has 0 aromatic carbocycles. The Hall–Kier alpha value is -1.63. The number of amides is 2. The Labute approximate surface area is 106 Å². The average molecular weight is 259 g/mol. The maximum absolute atomic E-state index is 11.5. The lowest BCUT2D eigenvalue weighted by Gasteiger charge is -2.20. The first-order valence-electron chi connectivity index (χ1n) is 5.78. The van der Waals surface area contributed by atoms with Crippen LogP contribution in [0, 0.1) is 5.92 Å². The molecule has 0 aromatic rings. The van der Waals surface area contributed by atoms with E-state index in [1.807, 2.05) is 6.92 Å². The number of carbonyl (C=O) groups excluding carboxylic acids is 3. The van der Waals surface area contributed by atoms with Gasteiger partial charge in [-0.25, -0.2) is 4.79 Å². The number of nitrogens with two attached hydrogens (primary N) is 1. The van der Waals surface area contributed by atoms with Crippen molar-refractivity contribution in [2.24, 2.45) is 11.7 Å². The highest BCUT2D eigenvalue weighted by Crippen LogP contribution is 2.12. The highest BCUT2D eigenvalue weighted by molar-refractivity contribution is 5.86. The van der Waals surface area contributed by atoms with Gasteiger partial charge in [-0.05, 0) is 12.8 Å². The summed E-state index contributed by atoms with van der Waals surface area (Å²) in [6.45, 7) is 1.61. The van der Waals surface area contributed by atoms with Crippen molar-refractivity contribution in [3.63, 3.8) is 0 Å². The van der Waals surface area contributed by atoms with E-state index in [1.54, 1.807) is 0 Å². The lowest BCUT2D eigenvalue weighted by Crippen LogP contribution is -2.46. The first-order valence-corrected chi connectivity index (χ1v) is 5.78. The van der Waals surface area contributed by atoms with Crippen molar-refractivity contribution in [2.45, 2.75) is 25.8 Å². The molecule has 18 heavy (non-hydrogen) atoms. The van der Waals surface area contributed by atoms with Crippen LogP contribution in [-0.4, -0.2) is 44.5 Å². The van der Waals surface area contributed by atoms with Crippen molar-refractivity contribution in [1.29, 1.82) is 0 Å². The first kappa shape index (κ1) is 16.4. The van der Waals surface area contributed by atoms with Crippen LogP contribution in [0.1, 0.15) is 19.8 Å². The largest absolute Gasteiger partial charge is 0.467 e. The van der Waals surface area contributed by atoms with Gasteiger partial charge in [0.05, 0.1) is 13.7 Å². The monoisotopic (exact) mass is 259 g/mol. The fourth-order valence-electron chi connectivity index (χ4n) is 1.56. The predicted molar refractivity (Wildman–Crippen MR) is 65.5 cm³/mol. The summed E-state index contributed by atoms with van der Waals surface area (Å²) in [5, 5.41) is 4.96. The van der Waals surface area contributed by atoms with Crippen LogP contribution in [0.15, 0.2) is 0 Å². The summed E-state index contributed by atoms with van der Waals surface area (Å²) in [5.41, 5.74) is 5.17. The van der Waals surface area contributed by atoms with E-state index >= 15 is 0 Å². The predicted octanol–water partition coefficient (Wildman–Crippen LogP) is -1.23. The van der Waals surface area contributed by atoms with Gasteiger partial charge in [0.15, 0.2) is 0 Å². The standard InChI is InChI=1S/C11H21N3O4/c1-4-7(10(16)13-2)5-8(11(17)18-3)14-9(15)6-12/h7-8H,4-6,12H2,1-3H3,(H,13,16)(H,14,15). The second kappa shape index (κ2) is 8.46. The summed E-state index contributed by atoms with van der Waals surface area (Å²) in [6.07, 6.45) is 0.750. The van der Waals surface area contributed by atoms with Crippen molar-refractivity contribution in [1.82, 2.24) is 10.6 Å². The van der Waals surface area contributed by atoms with Crippen LogP contribution in [0.5, 0.6) is 0 Å². The van der Waals surface area contributed by atoms with E-state index < -0.39 is 17.9 Å². The summed E-state index contributed by atoms with van der Waals surface area (Å²) >= 11 is 0. The molecule has 0 bridgehead atoms. The van der Waals surface area contributed by atoms with E-state index in [0.717, 1.165) is 0 Å². The molecule has 0 heterocycles. The topological polar surface area (TPSA) is 111 Å². The molecule has 104 valence electrons. The van der Waals surface area contributed by atoms with Gasteiger partial charge >= 0.3 is 5.97 Å². The van der Waals surface area contributed by atoms with Crippen LogP contribution in [-0.2, 0) is 19.1 Å². The number of esters is 1. The van der Waals surface area contributed by atoms with Gasteiger partial charge in [0.25, 0.3) is 0 Å². The molecule has 7 nitrogen and oxygen atoms in total. The van der Waals surface area contributed by atoms with Crippen molar-refractivity contribution in [3.8, 4) is 0 Å². The minimum Gasteiger partial charge on any atom is -0.467 e. The van der Waals surface area contributed by atoms with Gasteiger partial charge in [0.1, 0.15) is 6.04 Å². The van der Waals surface area contributed by atoms with E-state index in [4.69, 9.17) is 5.73 Å². The minimum atomic E-state index is -0.853. The molecule has 2 unspecified atom stereocenters. The van der Waals surface area contributed by atoms with Gasteiger partial charge in [0, 0.05) is 13.0 Å². The molecular formula is C11H21N3O4. The maximum atomic E-state index is 11.5. The third-order valence-corrected chi connectivity index (χ3v) is 2.64. The number of rotatable bonds is 7. The first-order chi connectivity index (χ1) is 8.49. The highest BCUT2D eigenvalue weighted by Gasteiger charge is 2.27. The number of carbonyl (C=O) groups is 3. The second-order valence-corrected chi connectivity index (χ2v) is 3.80. The van der Waals surface area contributed by atoms with Gasteiger partial charge < -0.3 is 21.1 Å². The Morgan fingerprint density at radius 1 is 1.33 bits per heavy atom. The molecule has 0 rings (SSSR count). The molecular weight excluding hydrogens is 238 g/mol. The van der Waals surface area contributed by atoms with Crippen molar-refractivity contribution in [2.75, 3.05) is 20.7 Å². The van der Waals surface area contributed by atoms with E-state index in [1.165, 1.54) is 14.2 Å². The summed E-state index contributed by atoms with van der Waals surface area (Å²) in [6, 6.07) is -0.853. The van der Waals surface area contributed by atoms with Gasteiger partial charge in [-0.15, -0.1) is 0 Å². The number of hydrogen-bond donors (Lipinski definition) is 3. The smallest absolute Gasteiger partial charge is 0.328 e. The van der Waals surface area contributed by atoms with Crippen molar-refractivity contribution in [3.05, 3.63) is 0 Å². The average Bonchev–Trinajstić information content (AvgIpc) is 2.41. The van der Waals surface area contributed by atoms with Crippen LogP contribution in [0.4, 0.5) is 0 Å². The van der Waals surface area contributed by atoms with Gasteiger partial charge in [0.2, 0.25) is 11.8 Å². The molecule has 0 aromatic heterocycles. The Kier molecular flexibility index (Phi) is 7.69. The Morgan fingerprint density at radius 3 is 2.33 bits per heavy atom. The fourth-order valence-corrected chi connectivity index (χ4v) is 1.56. The normalized spacial score (nSPS) is 13.3. The van der Waals surface area contributed by atoms with Crippen LogP contribution in [0.2, 0.25) is 0 Å². The Morgan fingerprint density at radius 2 is 1.94 bits per heavy atom. The molecule has 7 heteroatoms. The quantitative estimate of drug-likeness (QED) is 0.496. The molecule has 0 aliphatic rings. The van der Waals surface area contributed by atoms with E-state index in [9.17, 15) is 14.4 Å². The zero-order valence-corrected chi connectivity index (χ0v) is 11.0. The third-order valence-electron chi connectivity index (χ3n) is 2.64. The van der Waals surface area contributed by atoms with E-state index in [0.29, 0.717) is 6.42 Å². The number of methoxy groups -OCH3 is 1. The molecule has 0 saturated heterocycles. The minimum absolute atomic E-state index is 0.173. The molecule has 0 aliphatic heterocycles. The van der Waals surface area contributed by atoms with Gasteiger partial charge in [-0.1, -0.05) is 6.92 Å². The molecule has 2 atom stereocenters. The lowest BCUT2D eigenvalue weighted by atomic mass is 9.96. The second-order valence-electron chi connectivity index (χ2n) is 3.80. The Bertz CT molecular complexity index is 307. The number of ether oxygens (including phenoxy) is 1. The Balaban J connectivity index is 4.70. The third kappa shape index (κ3) is 5.13. The number of nitrogens with one attached hydrogen (secondary N) is 2. The van der Waals surface area contributed by atoms with Crippen molar-refractivity contribution < 1.29 is 19.1 Å². The summed E-state index contributed by atoms with van der Waals surface area (Å²) < 4.78 is 4.59.